The number of halogens is 3. The Kier molecular flexibility index (Phi) is 5.17. The van der Waals surface area contributed by atoms with Gasteiger partial charge in [-0.2, -0.15) is 0 Å². The Hall–Kier alpha value is -0.430. The number of amides is 1. The summed E-state index contributed by atoms with van der Waals surface area (Å²) >= 11 is 3.34. The molecule has 1 saturated heterocycles. The molecule has 0 aromatic rings. The lowest BCUT2D eigenvalue weighted by Crippen LogP contribution is -2.36. The van der Waals surface area contributed by atoms with Gasteiger partial charge in [-0.05, 0) is 20.8 Å². The van der Waals surface area contributed by atoms with Crippen LogP contribution >= 0.6 is 15.9 Å². The maximum atomic E-state index is 12.7. The predicted molar refractivity (Wildman–Crippen MR) is 70.9 cm³/mol. The van der Waals surface area contributed by atoms with Gasteiger partial charge in [0.15, 0.2) is 0 Å². The molecule has 0 N–H and O–H groups in total. The van der Waals surface area contributed by atoms with Crippen LogP contribution in [0.3, 0.4) is 0 Å². The number of carbonyl (C=O) groups is 1. The standard InChI is InChI=1S/C12H20BrF2NO3/c1-11(2,3)19-10(17)16-5-8(13)9(6-16)18-7-12(4,14)15/h8-9H,5-7H2,1-4H3. The minimum Gasteiger partial charge on any atom is -0.444 e. The number of likely N-dealkylation sites (tertiary alicyclic amines) is 1. The van der Waals surface area contributed by atoms with Crippen molar-refractivity contribution < 1.29 is 23.0 Å². The monoisotopic (exact) mass is 343 g/mol. The number of ether oxygens (including phenoxy) is 2. The molecule has 0 aliphatic carbocycles. The van der Waals surface area contributed by atoms with Crippen LogP contribution in [0.2, 0.25) is 0 Å². The molecule has 2 atom stereocenters. The molecule has 1 fully saturated rings. The summed E-state index contributed by atoms with van der Waals surface area (Å²) in [5, 5.41) is 0. The van der Waals surface area contributed by atoms with Gasteiger partial charge in [0.05, 0.1) is 17.5 Å². The fourth-order valence-corrected chi connectivity index (χ4v) is 2.29. The van der Waals surface area contributed by atoms with Crippen molar-refractivity contribution in [2.75, 3.05) is 19.7 Å². The zero-order valence-corrected chi connectivity index (χ0v) is 13.2. The van der Waals surface area contributed by atoms with Crippen molar-refractivity contribution in [1.29, 1.82) is 0 Å². The fraction of sp³-hybridized carbons (Fsp3) is 0.917. The first-order valence-electron chi connectivity index (χ1n) is 6.09. The zero-order valence-electron chi connectivity index (χ0n) is 11.6. The molecular weight excluding hydrogens is 324 g/mol. The first-order chi connectivity index (χ1) is 8.48. The van der Waals surface area contributed by atoms with Gasteiger partial charge < -0.3 is 14.4 Å². The lowest BCUT2D eigenvalue weighted by molar-refractivity contribution is -0.0830. The van der Waals surface area contributed by atoms with Crippen LogP contribution in [0, 0.1) is 0 Å². The molecule has 0 aromatic heterocycles. The Morgan fingerprint density at radius 1 is 1.32 bits per heavy atom. The summed E-state index contributed by atoms with van der Waals surface area (Å²) in [6.45, 7) is 6.11. The van der Waals surface area contributed by atoms with Crippen molar-refractivity contribution in [1.82, 2.24) is 4.90 Å². The lowest BCUT2D eigenvalue weighted by Gasteiger charge is -2.24. The fourth-order valence-electron chi connectivity index (χ4n) is 1.62. The molecule has 19 heavy (non-hydrogen) atoms. The maximum Gasteiger partial charge on any atom is 0.410 e. The van der Waals surface area contributed by atoms with E-state index in [0.717, 1.165) is 6.92 Å². The summed E-state index contributed by atoms with van der Waals surface area (Å²) in [4.78, 5) is 13.1. The van der Waals surface area contributed by atoms with E-state index in [-0.39, 0.29) is 11.4 Å². The number of hydrogen-bond donors (Lipinski definition) is 0. The van der Waals surface area contributed by atoms with E-state index in [2.05, 4.69) is 15.9 Å². The quantitative estimate of drug-likeness (QED) is 0.739. The second kappa shape index (κ2) is 5.91. The predicted octanol–water partition coefficient (Wildman–Crippen LogP) is 3.04. The van der Waals surface area contributed by atoms with E-state index in [1.54, 1.807) is 20.8 Å². The first-order valence-corrected chi connectivity index (χ1v) is 7.01. The van der Waals surface area contributed by atoms with Crippen molar-refractivity contribution in [3.05, 3.63) is 0 Å². The Balaban J connectivity index is 2.48. The van der Waals surface area contributed by atoms with Crippen LogP contribution in [0.15, 0.2) is 0 Å². The van der Waals surface area contributed by atoms with Crippen LogP contribution in [0.1, 0.15) is 27.7 Å². The van der Waals surface area contributed by atoms with Gasteiger partial charge in [0.25, 0.3) is 5.92 Å². The summed E-state index contributed by atoms with van der Waals surface area (Å²) < 4.78 is 35.8. The third-order valence-corrected chi connectivity index (χ3v) is 3.28. The number of rotatable bonds is 3. The van der Waals surface area contributed by atoms with Crippen LogP contribution in [-0.4, -0.2) is 53.1 Å². The summed E-state index contributed by atoms with van der Waals surface area (Å²) in [6, 6.07) is 0. The third kappa shape index (κ3) is 6.03. The molecular formula is C12H20BrF2NO3. The molecule has 1 aliphatic rings. The highest BCUT2D eigenvalue weighted by molar-refractivity contribution is 9.09. The Morgan fingerprint density at radius 2 is 1.89 bits per heavy atom. The SMILES string of the molecule is CC(F)(F)COC1CN(C(=O)OC(C)(C)C)CC1Br. The average molecular weight is 344 g/mol. The molecule has 0 spiro atoms. The molecule has 112 valence electrons. The highest BCUT2D eigenvalue weighted by Crippen LogP contribution is 2.24. The Labute approximate surface area is 120 Å². The van der Waals surface area contributed by atoms with Gasteiger partial charge in [-0.1, -0.05) is 15.9 Å². The third-order valence-electron chi connectivity index (χ3n) is 2.40. The topological polar surface area (TPSA) is 38.8 Å². The van der Waals surface area contributed by atoms with Gasteiger partial charge >= 0.3 is 6.09 Å². The molecule has 4 nitrogen and oxygen atoms in total. The highest BCUT2D eigenvalue weighted by atomic mass is 79.9. The number of hydrogen-bond acceptors (Lipinski definition) is 3. The largest absolute Gasteiger partial charge is 0.444 e. The molecule has 1 amide bonds. The van der Waals surface area contributed by atoms with Crippen molar-refractivity contribution >= 4 is 22.0 Å². The summed E-state index contributed by atoms with van der Waals surface area (Å²) in [5.74, 6) is -2.87. The maximum absolute atomic E-state index is 12.7. The summed E-state index contributed by atoms with van der Waals surface area (Å²) in [6.07, 6.45) is -0.898. The van der Waals surface area contributed by atoms with Crippen LogP contribution in [0.4, 0.5) is 13.6 Å². The van der Waals surface area contributed by atoms with Crippen molar-refractivity contribution in [2.45, 2.75) is 50.1 Å². The minimum absolute atomic E-state index is 0.164. The molecule has 0 bridgehead atoms. The van der Waals surface area contributed by atoms with Gasteiger partial charge in [0.1, 0.15) is 12.2 Å². The average Bonchev–Trinajstić information content (AvgIpc) is 2.53. The number of nitrogens with zero attached hydrogens (tertiary/aromatic N) is 1. The van der Waals surface area contributed by atoms with Gasteiger partial charge in [-0.15, -0.1) is 0 Å². The molecule has 0 radical (unpaired) electrons. The van der Waals surface area contributed by atoms with E-state index in [9.17, 15) is 13.6 Å². The van der Waals surface area contributed by atoms with E-state index in [1.807, 2.05) is 0 Å². The Morgan fingerprint density at radius 3 is 2.37 bits per heavy atom. The van der Waals surface area contributed by atoms with Gasteiger partial charge in [0.2, 0.25) is 0 Å². The molecule has 0 aromatic carbocycles. The molecule has 1 heterocycles. The number of alkyl halides is 3. The van der Waals surface area contributed by atoms with E-state index >= 15 is 0 Å². The summed E-state index contributed by atoms with van der Waals surface area (Å²) in [5.41, 5.74) is -0.575. The molecule has 7 heteroatoms. The van der Waals surface area contributed by atoms with Crippen LogP contribution < -0.4 is 0 Å². The normalized spacial score (nSPS) is 24.7. The van der Waals surface area contributed by atoms with Crippen molar-refractivity contribution in [2.24, 2.45) is 0 Å². The molecule has 1 rings (SSSR count). The van der Waals surface area contributed by atoms with Crippen LogP contribution in [0.25, 0.3) is 0 Å². The van der Waals surface area contributed by atoms with Gasteiger partial charge in [0, 0.05) is 13.5 Å². The first kappa shape index (κ1) is 16.6. The van der Waals surface area contributed by atoms with Gasteiger partial charge in [-0.3, -0.25) is 0 Å². The lowest BCUT2D eigenvalue weighted by atomic mass is 10.2. The highest BCUT2D eigenvalue weighted by Gasteiger charge is 2.37. The Bertz CT molecular complexity index is 328. The number of carbonyl (C=O) groups excluding carboxylic acids is 1. The van der Waals surface area contributed by atoms with E-state index in [1.165, 1.54) is 4.90 Å². The van der Waals surface area contributed by atoms with Crippen LogP contribution in [0.5, 0.6) is 0 Å². The zero-order chi connectivity index (χ0) is 14.8. The minimum atomic E-state index is -2.87. The second-order valence-corrected chi connectivity index (χ2v) is 7.00. The van der Waals surface area contributed by atoms with Crippen molar-refractivity contribution in [3.63, 3.8) is 0 Å². The molecule has 2 unspecified atom stereocenters. The second-order valence-electron chi connectivity index (χ2n) is 5.82. The van der Waals surface area contributed by atoms with Crippen LogP contribution in [-0.2, 0) is 9.47 Å². The molecule has 0 saturated carbocycles. The smallest absolute Gasteiger partial charge is 0.410 e. The van der Waals surface area contributed by atoms with Crippen molar-refractivity contribution in [3.8, 4) is 0 Å². The van der Waals surface area contributed by atoms with E-state index in [4.69, 9.17) is 9.47 Å². The molecule has 1 aliphatic heterocycles. The van der Waals surface area contributed by atoms with Gasteiger partial charge in [-0.25, -0.2) is 13.6 Å². The summed E-state index contributed by atoms with van der Waals surface area (Å²) in [7, 11) is 0. The van der Waals surface area contributed by atoms with E-state index < -0.39 is 30.3 Å². The van der Waals surface area contributed by atoms with E-state index in [0.29, 0.717) is 6.54 Å².